The molecule has 184 valence electrons. The average Bonchev–Trinajstić information content (AvgIpc) is 2.86. The van der Waals surface area contributed by atoms with Gasteiger partial charge in [0, 0.05) is 25.7 Å². The number of aliphatic hydroxyl groups is 1. The third-order valence-electron chi connectivity index (χ3n) is 5.30. The Balaban J connectivity index is 1.31. The molecule has 7 nitrogen and oxygen atoms in total. The van der Waals surface area contributed by atoms with Crippen LogP contribution in [0.1, 0.15) is 23.6 Å². The molecule has 0 bridgehead atoms. The molecule has 3 aromatic rings. The summed E-state index contributed by atoms with van der Waals surface area (Å²) in [5, 5.41) is 19.1. The summed E-state index contributed by atoms with van der Waals surface area (Å²) < 4.78 is 5.68. The van der Waals surface area contributed by atoms with E-state index >= 15 is 0 Å². The van der Waals surface area contributed by atoms with Gasteiger partial charge in [-0.1, -0.05) is 54.6 Å². The fourth-order valence-electron chi connectivity index (χ4n) is 3.47. The van der Waals surface area contributed by atoms with E-state index in [2.05, 4.69) is 16.0 Å². The smallest absolute Gasteiger partial charge is 0.228 e. The second-order valence-corrected chi connectivity index (χ2v) is 8.38. The van der Waals surface area contributed by atoms with Gasteiger partial charge in [0.1, 0.15) is 18.5 Å². The zero-order valence-corrected chi connectivity index (χ0v) is 20.0. The zero-order chi connectivity index (χ0) is 24.9. The van der Waals surface area contributed by atoms with Crippen LogP contribution in [0, 0.1) is 0 Å². The topological polar surface area (TPSA) is 99.7 Å². The Morgan fingerprint density at radius 2 is 1.66 bits per heavy atom. The molecule has 0 unspecified atom stereocenters. The predicted molar refractivity (Wildman–Crippen MR) is 137 cm³/mol. The van der Waals surface area contributed by atoms with Crippen molar-refractivity contribution in [2.24, 2.45) is 0 Å². The van der Waals surface area contributed by atoms with Crippen LogP contribution in [0.5, 0.6) is 5.75 Å². The Bertz CT molecular complexity index is 1070. The lowest BCUT2D eigenvalue weighted by Crippen LogP contribution is -2.32. The third kappa shape index (κ3) is 10.00. The van der Waals surface area contributed by atoms with Crippen LogP contribution in [0.3, 0.4) is 0 Å². The summed E-state index contributed by atoms with van der Waals surface area (Å²) in [6, 6.07) is 24.9. The molecule has 0 saturated heterocycles. The molecule has 1 atom stereocenters. The Labute approximate surface area is 206 Å². The highest BCUT2D eigenvalue weighted by Crippen LogP contribution is 2.14. The summed E-state index contributed by atoms with van der Waals surface area (Å²) in [5.41, 5.74) is 3.83. The minimum atomic E-state index is -0.642. The molecule has 0 aromatic heterocycles. The lowest BCUT2D eigenvalue weighted by molar-refractivity contribution is -0.119. The highest BCUT2D eigenvalue weighted by molar-refractivity contribution is 5.92. The maximum atomic E-state index is 12.2. The molecule has 0 saturated carbocycles. The SMILES string of the molecule is CC(=O)NCc1cccc(OC[C@@H](O)CNCCc2ccc(NC(=O)Cc3ccccc3)cc2)c1. The van der Waals surface area contributed by atoms with Gasteiger partial charge in [-0.2, -0.15) is 0 Å². The summed E-state index contributed by atoms with van der Waals surface area (Å²) in [6.07, 6.45) is 0.508. The third-order valence-corrected chi connectivity index (χ3v) is 5.30. The van der Waals surface area contributed by atoms with Gasteiger partial charge in [-0.25, -0.2) is 0 Å². The first kappa shape index (κ1) is 25.9. The number of ether oxygens (including phenoxy) is 1. The molecule has 3 rings (SSSR count). The van der Waals surface area contributed by atoms with Gasteiger partial charge in [0.05, 0.1) is 6.42 Å². The van der Waals surface area contributed by atoms with Crippen LogP contribution in [-0.2, 0) is 29.0 Å². The van der Waals surface area contributed by atoms with E-state index in [0.29, 0.717) is 31.8 Å². The maximum absolute atomic E-state index is 12.2. The van der Waals surface area contributed by atoms with E-state index in [1.165, 1.54) is 6.92 Å². The molecule has 2 amide bonds. The lowest BCUT2D eigenvalue weighted by Gasteiger charge is -2.14. The number of rotatable bonds is 13. The molecule has 0 heterocycles. The van der Waals surface area contributed by atoms with E-state index in [0.717, 1.165) is 28.8 Å². The van der Waals surface area contributed by atoms with E-state index in [1.54, 1.807) is 0 Å². The lowest BCUT2D eigenvalue weighted by atomic mass is 10.1. The molecule has 0 fully saturated rings. The number of carbonyl (C=O) groups is 2. The first-order valence-electron chi connectivity index (χ1n) is 11.8. The van der Waals surface area contributed by atoms with Gasteiger partial charge in [0.2, 0.25) is 11.8 Å². The molecule has 0 radical (unpaired) electrons. The molecule has 35 heavy (non-hydrogen) atoms. The van der Waals surface area contributed by atoms with E-state index in [9.17, 15) is 14.7 Å². The summed E-state index contributed by atoms with van der Waals surface area (Å²) >= 11 is 0. The van der Waals surface area contributed by atoms with Crippen molar-refractivity contribution in [1.82, 2.24) is 10.6 Å². The summed E-state index contributed by atoms with van der Waals surface area (Å²) in [5.74, 6) is 0.531. The predicted octanol–water partition coefficient (Wildman–Crippen LogP) is 3.08. The minimum absolute atomic E-state index is 0.0405. The van der Waals surface area contributed by atoms with Crippen LogP contribution in [0.25, 0.3) is 0 Å². The normalized spacial score (nSPS) is 11.5. The monoisotopic (exact) mass is 475 g/mol. The zero-order valence-electron chi connectivity index (χ0n) is 20.0. The number of benzene rings is 3. The van der Waals surface area contributed by atoms with Crippen LogP contribution < -0.4 is 20.7 Å². The van der Waals surface area contributed by atoms with Gasteiger partial charge in [0.25, 0.3) is 0 Å². The molecule has 0 aliphatic rings. The number of amides is 2. The van der Waals surface area contributed by atoms with E-state index in [4.69, 9.17) is 4.74 Å². The van der Waals surface area contributed by atoms with Gasteiger partial charge < -0.3 is 25.8 Å². The Morgan fingerprint density at radius 1 is 0.914 bits per heavy atom. The molecule has 3 aromatic carbocycles. The summed E-state index contributed by atoms with van der Waals surface area (Å²) in [6.45, 7) is 3.22. The van der Waals surface area contributed by atoms with Crippen molar-refractivity contribution >= 4 is 17.5 Å². The second-order valence-electron chi connectivity index (χ2n) is 8.38. The van der Waals surface area contributed by atoms with Crippen molar-refractivity contribution in [3.05, 3.63) is 95.6 Å². The van der Waals surface area contributed by atoms with Gasteiger partial charge in [-0.15, -0.1) is 0 Å². The highest BCUT2D eigenvalue weighted by Gasteiger charge is 2.07. The maximum Gasteiger partial charge on any atom is 0.228 e. The van der Waals surface area contributed by atoms with Gasteiger partial charge in [0.15, 0.2) is 0 Å². The number of hydrogen-bond donors (Lipinski definition) is 4. The quantitative estimate of drug-likeness (QED) is 0.285. The molecule has 0 aliphatic heterocycles. The van der Waals surface area contributed by atoms with Crippen molar-refractivity contribution in [2.45, 2.75) is 32.4 Å². The highest BCUT2D eigenvalue weighted by atomic mass is 16.5. The number of carbonyl (C=O) groups excluding carboxylic acids is 2. The van der Waals surface area contributed by atoms with Crippen LogP contribution in [0.15, 0.2) is 78.9 Å². The number of anilines is 1. The van der Waals surface area contributed by atoms with Crippen molar-refractivity contribution in [2.75, 3.05) is 25.0 Å². The van der Waals surface area contributed by atoms with Crippen molar-refractivity contribution in [3.8, 4) is 5.75 Å². The van der Waals surface area contributed by atoms with Gasteiger partial charge in [-0.3, -0.25) is 9.59 Å². The van der Waals surface area contributed by atoms with Crippen molar-refractivity contribution in [1.29, 1.82) is 0 Å². The summed E-state index contributed by atoms with van der Waals surface area (Å²) in [7, 11) is 0. The average molecular weight is 476 g/mol. The molecule has 4 N–H and O–H groups in total. The molecular weight excluding hydrogens is 442 g/mol. The fourth-order valence-corrected chi connectivity index (χ4v) is 3.47. The van der Waals surface area contributed by atoms with Crippen LogP contribution >= 0.6 is 0 Å². The Hall–Kier alpha value is -3.68. The van der Waals surface area contributed by atoms with Gasteiger partial charge >= 0.3 is 0 Å². The number of nitrogens with one attached hydrogen (secondary N) is 3. The van der Waals surface area contributed by atoms with Crippen LogP contribution in [0.2, 0.25) is 0 Å². The minimum Gasteiger partial charge on any atom is -0.491 e. The second kappa shape index (κ2) is 13.9. The Morgan fingerprint density at radius 3 is 2.40 bits per heavy atom. The number of hydrogen-bond acceptors (Lipinski definition) is 5. The Kier molecular flexibility index (Phi) is 10.3. The molecular formula is C28H33N3O4. The van der Waals surface area contributed by atoms with E-state index in [1.807, 2.05) is 78.9 Å². The van der Waals surface area contributed by atoms with E-state index in [-0.39, 0.29) is 18.4 Å². The first-order chi connectivity index (χ1) is 17.0. The standard InChI is InChI=1S/C28H33N3O4/c1-21(32)30-18-24-8-5-9-27(16-24)35-20-26(33)19-29-15-14-22-10-12-25(13-11-22)31-28(34)17-23-6-3-2-4-7-23/h2-13,16,26,29,33H,14-15,17-20H2,1H3,(H,30,32)(H,31,34)/t26-/m0/s1. The fraction of sp³-hybridized carbons (Fsp3) is 0.286. The van der Waals surface area contributed by atoms with Crippen LogP contribution in [0.4, 0.5) is 5.69 Å². The molecule has 7 heteroatoms. The van der Waals surface area contributed by atoms with E-state index < -0.39 is 6.10 Å². The first-order valence-corrected chi connectivity index (χ1v) is 11.8. The number of aliphatic hydroxyl groups excluding tert-OH is 1. The summed E-state index contributed by atoms with van der Waals surface area (Å²) in [4.78, 5) is 23.2. The van der Waals surface area contributed by atoms with Crippen molar-refractivity contribution < 1.29 is 19.4 Å². The van der Waals surface area contributed by atoms with Crippen molar-refractivity contribution in [3.63, 3.8) is 0 Å². The molecule has 0 aliphatic carbocycles. The van der Waals surface area contributed by atoms with Crippen LogP contribution in [-0.4, -0.2) is 42.7 Å². The van der Waals surface area contributed by atoms with Gasteiger partial charge in [-0.05, 0) is 53.9 Å². The molecule has 0 spiro atoms. The largest absolute Gasteiger partial charge is 0.491 e.